The molecule has 4 aromatic carbocycles. The molecule has 6 heterocycles. The van der Waals surface area contributed by atoms with E-state index in [-0.39, 0.29) is 75.9 Å². The van der Waals surface area contributed by atoms with Gasteiger partial charge in [0.2, 0.25) is 0 Å². The van der Waals surface area contributed by atoms with Crippen molar-refractivity contribution in [3.63, 3.8) is 0 Å². The Hall–Kier alpha value is -4.99. The van der Waals surface area contributed by atoms with E-state index in [1.54, 1.807) is 36.4 Å². The van der Waals surface area contributed by atoms with Gasteiger partial charge in [-0.2, -0.15) is 0 Å². The van der Waals surface area contributed by atoms with Crippen molar-refractivity contribution in [2.24, 2.45) is 0 Å². The number of carbonyl (C=O) groups excluding carboxylic acids is 2. The van der Waals surface area contributed by atoms with Crippen molar-refractivity contribution in [1.29, 1.82) is 0 Å². The third kappa shape index (κ3) is 12.3. The lowest BCUT2D eigenvalue weighted by atomic mass is 10.1. The Kier molecular flexibility index (Phi) is 16.0. The van der Waals surface area contributed by atoms with Gasteiger partial charge in [0.15, 0.2) is 0 Å². The number of rotatable bonds is 10. The van der Waals surface area contributed by atoms with E-state index in [9.17, 15) is 27.2 Å². The van der Waals surface area contributed by atoms with Crippen molar-refractivity contribution in [3.05, 3.63) is 117 Å². The van der Waals surface area contributed by atoms with Crippen molar-refractivity contribution in [1.82, 2.24) is 28.7 Å². The molecule has 0 aliphatic carbocycles. The van der Waals surface area contributed by atoms with E-state index in [2.05, 4.69) is 37.5 Å². The molecule has 0 atom stereocenters. The first kappa shape index (κ1) is 52.9. The highest BCUT2D eigenvalue weighted by atomic mass is 35.5. The zero-order valence-electron chi connectivity index (χ0n) is 41.7. The van der Waals surface area contributed by atoms with Crippen LogP contribution in [0, 0.1) is 0 Å². The Labute approximate surface area is 439 Å². The summed E-state index contributed by atoms with van der Waals surface area (Å²) in [6.45, 7) is 13.0. The summed E-state index contributed by atoms with van der Waals surface area (Å²) in [6.07, 6.45) is 2.89. The summed E-state index contributed by atoms with van der Waals surface area (Å²) in [5.41, 5.74) is 3.94. The van der Waals surface area contributed by atoms with Crippen molar-refractivity contribution >= 4 is 68.4 Å². The van der Waals surface area contributed by atoms with Crippen LogP contribution in [-0.4, -0.2) is 129 Å². The van der Waals surface area contributed by atoms with Crippen molar-refractivity contribution in [3.8, 4) is 22.9 Å². The third-order valence-corrected chi connectivity index (χ3v) is 15.8. The van der Waals surface area contributed by atoms with E-state index in [0.29, 0.717) is 44.2 Å². The van der Waals surface area contributed by atoms with Crippen LogP contribution in [0.2, 0.25) is 15.1 Å². The molecule has 10 rings (SSSR count). The van der Waals surface area contributed by atoms with Gasteiger partial charge in [-0.1, -0.05) is 34.8 Å². The van der Waals surface area contributed by atoms with Crippen molar-refractivity contribution < 1.29 is 36.6 Å². The molecule has 2 amide bonds. The molecular weight excluding hydrogens is 1000 g/mol. The van der Waals surface area contributed by atoms with Gasteiger partial charge in [-0.15, -0.1) is 0 Å². The number of carbonyl (C=O) groups is 2. The minimum atomic E-state index is -2.73. The van der Waals surface area contributed by atoms with Crippen LogP contribution in [0.5, 0.6) is 11.5 Å². The molecule has 2 aromatic heterocycles. The molecule has 390 valence electrons. The molecule has 0 N–H and O–H groups in total. The number of hydrogen-bond acceptors (Lipinski definition) is 6. The Balaban J connectivity index is 0.000000180. The van der Waals surface area contributed by atoms with E-state index < -0.39 is 11.8 Å². The summed E-state index contributed by atoms with van der Waals surface area (Å²) in [7, 11) is 0. The monoisotopic (exact) mass is 1060 g/mol. The number of fused-ring (bicyclic) bond motifs is 2. The summed E-state index contributed by atoms with van der Waals surface area (Å²) >= 11 is 18.6. The highest BCUT2D eigenvalue weighted by Crippen LogP contribution is 2.36. The number of amides is 2. The fraction of sp³-hybridized carbons (Fsp3) is 0.464. The van der Waals surface area contributed by atoms with Gasteiger partial charge in [0, 0.05) is 117 Å². The van der Waals surface area contributed by atoms with Crippen molar-refractivity contribution in [2.75, 3.05) is 52.4 Å². The van der Waals surface area contributed by atoms with Crippen LogP contribution in [-0.2, 0) is 0 Å². The van der Waals surface area contributed by atoms with E-state index in [1.165, 1.54) is 9.80 Å². The number of benzene rings is 4. The molecule has 0 saturated carbocycles. The largest absolute Gasteiger partial charge is 0.490 e. The minimum absolute atomic E-state index is 0.0121. The lowest BCUT2D eigenvalue weighted by molar-refractivity contribution is -0.0504. The maximum atomic E-state index is 13.7. The number of ether oxygens (including phenoxy) is 2. The predicted molar refractivity (Wildman–Crippen MR) is 282 cm³/mol. The minimum Gasteiger partial charge on any atom is -0.490 e. The van der Waals surface area contributed by atoms with E-state index in [4.69, 9.17) is 44.3 Å². The van der Waals surface area contributed by atoms with Crippen LogP contribution in [0.25, 0.3) is 33.2 Å². The number of hydrogen-bond donors (Lipinski definition) is 0. The molecule has 0 radical (unpaired) electrons. The molecule has 4 fully saturated rings. The van der Waals surface area contributed by atoms with Gasteiger partial charge < -0.3 is 38.2 Å². The van der Waals surface area contributed by atoms with Gasteiger partial charge >= 0.3 is 0 Å². The molecule has 4 saturated heterocycles. The molecule has 0 unspecified atom stereocenters. The SMILES string of the molecule is CC(C)N1CCC(Oc2ccc3c(c2)cc(C(=O)N2CCC(F)(F)CC2)n3-c2ccc(Cl)c(Cl)c2)CC1.CC(C)N1CCC(Oc2ccc3c(c2)cc(C(=O)N2CCC(F)(F)CC2)n3-c2ccc(Cl)cc2)CC1. The first-order valence-electron chi connectivity index (χ1n) is 25.5. The Morgan fingerprint density at radius 2 is 0.904 bits per heavy atom. The van der Waals surface area contributed by atoms with Gasteiger partial charge in [-0.25, -0.2) is 17.6 Å². The normalized spacial score (nSPS) is 19.1. The Morgan fingerprint density at radius 3 is 1.30 bits per heavy atom. The smallest absolute Gasteiger partial charge is 0.270 e. The Morgan fingerprint density at radius 1 is 0.507 bits per heavy atom. The fourth-order valence-electron chi connectivity index (χ4n) is 10.4. The van der Waals surface area contributed by atoms with Gasteiger partial charge in [-0.05, 0) is 144 Å². The molecule has 0 bridgehead atoms. The highest BCUT2D eigenvalue weighted by Gasteiger charge is 2.38. The number of nitrogens with zero attached hydrogens (tertiary/aromatic N) is 6. The zero-order valence-corrected chi connectivity index (χ0v) is 44.0. The number of alkyl halides is 4. The van der Waals surface area contributed by atoms with E-state index in [1.807, 2.05) is 63.7 Å². The predicted octanol–water partition coefficient (Wildman–Crippen LogP) is 13.5. The quantitative estimate of drug-likeness (QED) is 0.127. The second-order valence-electron chi connectivity index (χ2n) is 20.4. The molecule has 10 nitrogen and oxygen atoms in total. The number of halogens is 7. The molecule has 4 aliphatic rings. The summed E-state index contributed by atoms with van der Waals surface area (Å²) in [4.78, 5) is 35.0. The van der Waals surface area contributed by atoms with Crippen molar-refractivity contribution in [2.45, 2.75) is 115 Å². The highest BCUT2D eigenvalue weighted by molar-refractivity contribution is 6.42. The molecule has 0 spiro atoms. The number of aromatic nitrogens is 2. The van der Waals surface area contributed by atoms with E-state index in [0.717, 1.165) is 90.9 Å². The fourth-order valence-corrected chi connectivity index (χ4v) is 10.8. The summed E-state index contributed by atoms with van der Waals surface area (Å²) < 4.78 is 71.3. The molecule has 17 heteroatoms. The van der Waals surface area contributed by atoms with Gasteiger partial charge in [-0.3, -0.25) is 9.59 Å². The molecule has 73 heavy (non-hydrogen) atoms. The van der Waals surface area contributed by atoms with Crippen LogP contribution >= 0.6 is 34.8 Å². The first-order valence-corrected chi connectivity index (χ1v) is 26.6. The topological polar surface area (TPSA) is 75.4 Å². The lowest BCUT2D eigenvalue weighted by Gasteiger charge is -2.34. The zero-order chi connectivity index (χ0) is 51.8. The first-order chi connectivity index (χ1) is 34.8. The second-order valence-corrected chi connectivity index (χ2v) is 21.7. The van der Waals surface area contributed by atoms with Gasteiger partial charge in [0.1, 0.15) is 35.1 Å². The Bertz CT molecular complexity index is 2910. The number of likely N-dealkylation sites (tertiary alicyclic amines) is 4. The maximum Gasteiger partial charge on any atom is 0.270 e. The van der Waals surface area contributed by atoms with Gasteiger partial charge in [0.05, 0.1) is 21.1 Å². The maximum absolute atomic E-state index is 13.7. The van der Waals surface area contributed by atoms with Crippen LogP contribution in [0.4, 0.5) is 17.6 Å². The van der Waals surface area contributed by atoms with Gasteiger partial charge in [0.25, 0.3) is 23.7 Å². The van der Waals surface area contributed by atoms with Crippen LogP contribution < -0.4 is 9.47 Å². The van der Waals surface area contributed by atoms with Crippen LogP contribution in [0.3, 0.4) is 0 Å². The average molecular weight is 1070 g/mol. The van der Waals surface area contributed by atoms with E-state index >= 15 is 0 Å². The second kappa shape index (κ2) is 22.1. The van der Waals surface area contributed by atoms with Crippen LogP contribution in [0.1, 0.15) is 100 Å². The summed E-state index contributed by atoms with van der Waals surface area (Å²) in [5, 5.41) is 3.07. The standard InChI is InChI=1S/C28H31Cl2F2N3O2.C28H32ClF2N3O2/c1-18(2)33-11-7-21(8-12-33)37-22-4-6-25-19(15-22)16-26(27(36)34-13-9-28(31,32)10-14-34)35(25)20-3-5-23(29)24(30)17-20;1-19(2)32-13-9-23(10-14-32)36-24-7-8-25-20(17-24)18-26(34(25)22-5-3-21(29)4-6-22)27(35)33-15-11-28(30,31)12-16-33/h3-6,15-18,21H,7-14H2,1-2H3;3-8,17-19,23H,9-16H2,1-2H3. The summed E-state index contributed by atoms with van der Waals surface area (Å²) in [5.74, 6) is -4.46. The molecule has 6 aromatic rings. The summed E-state index contributed by atoms with van der Waals surface area (Å²) in [6, 6.07) is 28.8. The number of piperidine rings is 4. The molecular formula is C56H63Cl3F4N6O4. The average Bonchev–Trinajstić information content (AvgIpc) is 3.94. The molecule has 4 aliphatic heterocycles. The lowest BCUT2D eigenvalue weighted by Crippen LogP contribution is -2.43. The third-order valence-electron chi connectivity index (χ3n) is 14.8. The van der Waals surface area contributed by atoms with Crippen LogP contribution in [0.15, 0.2) is 91.0 Å².